The highest BCUT2D eigenvalue weighted by atomic mass is 28.3. The van der Waals surface area contributed by atoms with Crippen LogP contribution in [0, 0.1) is 0 Å². The second-order valence-corrected chi connectivity index (χ2v) is 12.1. The molecule has 1 aliphatic carbocycles. The molecule has 25 heavy (non-hydrogen) atoms. The smallest absolute Gasteiger partial charge is 0.115 e. The van der Waals surface area contributed by atoms with E-state index in [4.69, 9.17) is 0 Å². The van der Waals surface area contributed by atoms with Gasteiger partial charge in [0, 0.05) is 6.04 Å². The Morgan fingerprint density at radius 2 is 1.56 bits per heavy atom. The van der Waals surface area contributed by atoms with Gasteiger partial charge in [-0.05, 0) is 32.4 Å². The van der Waals surface area contributed by atoms with Crippen molar-refractivity contribution in [2.75, 3.05) is 7.05 Å². The van der Waals surface area contributed by atoms with Crippen molar-refractivity contribution in [3.8, 4) is 0 Å². The van der Waals surface area contributed by atoms with E-state index < -0.39 is 13.7 Å². The number of aliphatic hydroxyl groups is 1. The summed E-state index contributed by atoms with van der Waals surface area (Å²) in [7, 11) is 0.129. The van der Waals surface area contributed by atoms with E-state index in [9.17, 15) is 5.11 Å². The Hall–Kier alpha value is -1.42. The normalized spacial score (nSPS) is 24.2. The molecule has 2 atom stereocenters. The number of hydrogen-bond donors (Lipinski definition) is 2. The van der Waals surface area contributed by atoms with Crippen molar-refractivity contribution in [1.29, 1.82) is 0 Å². The van der Waals surface area contributed by atoms with Crippen molar-refractivity contribution in [3.05, 3.63) is 60.7 Å². The van der Waals surface area contributed by atoms with Crippen LogP contribution in [-0.4, -0.2) is 31.9 Å². The lowest BCUT2D eigenvalue weighted by atomic mass is 9.78. The molecule has 134 valence electrons. The third kappa shape index (κ3) is 3.89. The predicted octanol–water partition coefficient (Wildman–Crippen LogP) is 3.16. The molecule has 2 nitrogen and oxygen atoms in total. The Balaban J connectivity index is 1.89. The predicted molar refractivity (Wildman–Crippen MR) is 109 cm³/mol. The first kappa shape index (κ1) is 18.4. The molecule has 2 aromatic rings. The molecule has 0 saturated heterocycles. The van der Waals surface area contributed by atoms with Crippen molar-refractivity contribution in [2.24, 2.45) is 0 Å². The first-order valence-corrected chi connectivity index (χ1v) is 12.3. The number of likely N-dealkylation sites (N-methyl/N-ethyl adjacent to an activating group) is 1. The molecular weight excluding hydrogens is 322 g/mol. The molecule has 3 rings (SSSR count). The van der Waals surface area contributed by atoms with Crippen LogP contribution in [-0.2, 0) is 0 Å². The van der Waals surface area contributed by atoms with E-state index in [0.717, 1.165) is 31.7 Å². The zero-order chi connectivity index (χ0) is 17.8. The Kier molecular flexibility index (Phi) is 5.77. The summed E-state index contributed by atoms with van der Waals surface area (Å²) in [5, 5.41) is 17.6. The summed E-state index contributed by atoms with van der Waals surface area (Å²) in [5.41, 5.74) is -0.565. The van der Waals surface area contributed by atoms with E-state index in [1.807, 2.05) is 7.05 Å². The highest BCUT2D eigenvalue weighted by molar-refractivity contribution is 7.01. The van der Waals surface area contributed by atoms with Crippen LogP contribution in [0.2, 0.25) is 12.6 Å². The van der Waals surface area contributed by atoms with Crippen LogP contribution >= 0.6 is 0 Å². The quantitative estimate of drug-likeness (QED) is 0.782. The largest absolute Gasteiger partial charge is 0.388 e. The van der Waals surface area contributed by atoms with Gasteiger partial charge in [0.1, 0.15) is 8.07 Å². The lowest BCUT2D eigenvalue weighted by Crippen LogP contribution is -2.58. The SMILES string of the molecule is CN[C@H]1CCCC[C@@]1(O)CC[Si](C)(c1ccccc1)c1ccccc1. The van der Waals surface area contributed by atoms with Gasteiger partial charge in [-0.1, -0.05) is 90.4 Å². The van der Waals surface area contributed by atoms with E-state index in [0.29, 0.717) is 0 Å². The molecule has 0 aromatic heterocycles. The third-order valence-corrected chi connectivity index (χ3v) is 10.7. The fraction of sp³-hybridized carbons (Fsp3) is 0.455. The second kappa shape index (κ2) is 7.86. The molecule has 0 bridgehead atoms. The van der Waals surface area contributed by atoms with E-state index in [-0.39, 0.29) is 6.04 Å². The van der Waals surface area contributed by atoms with Gasteiger partial charge in [-0.15, -0.1) is 0 Å². The molecule has 0 aliphatic heterocycles. The Morgan fingerprint density at radius 1 is 1.00 bits per heavy atom. The Labute approximate surface area is 153 Å². The molecule has 2 aromatic carbocycles. The van der Waals surface area contributed by atoms with Crippen LogP contribution in [0.15, 0.2) is 60.7 Å². The summed E-state index contributed by atoms with van der Waals surface area (Å²) < 4.78 is 0. The maximum atomic E-state index is 11.3. The summed E-state index contributed by atoms with van der Waals surface area (Å²) in [5.74, 6) is 0. The molecule has 1 fully saturated rings. The lowest BCUT2D eigenvalue weighted by molar-refractivity contribution is -0.0276. The lowest BCUT2D eigenvalue weighted by Gasteiger charge is -2.42. The summed E-state index contributed by atoms with van der Waals surface area (Å²) in [4.78, 5) is 0. The van der Waals surface area contributed by atoms with Crippen LogP contribution in [0.5, 0.6) is 0 Å². The second-order valence-electron chi connectivity index (χ2n) is 7.75. The van der Waals surface area contributed by atoms with Crippen LogP contribution in [0.4, 0.5) is 0 Å². The van der Waals surface area contributed by atoms with Crippen LogP contribution in [0.1, 0.15) is 32.1 Å². The molecule has 1 aliphatic rings. The molecule has 1 saturated carbocycles. The van der Waals surface area contributed by atoms with Crippen molar-refractivity contribution in [2.45, 2.75) is 56.3 Å². The average molecular weight is 354 g/mol. The maximum Gasteiger partial charge on any atom is 0.115 e. The van der Waals surface area contributed by atoms with Gasteiger partial charge in [-0.3, -0.25) is 0 Å². The van der Waals surface area contributed by atoms with Gasteiger partial charge in [-0.25, -0.2) is 0 Å². The van der Waals surface area contributed by atoms with Crippen molar-refractivity contribution >= 4 is 18.4 Å². The summed E-state index contributed by atoms with van der Waals surface area (Å²) >= 11 is 0. The number of benzene rings is 2. The number of nitrogens with one attached hydrogen (secondary N) is 1. The minimum Gasteiger partial charge on any atom is -0.388 e. The third-order valence-electron chi connectivity index (χ3n) is 6.23. The fourth-order valence-electron chi connectivity index (χ4n) is 4.47. The van der Waals surface area contributed by atoms with E-state index >= 15 is 0 Å². The standard InChI is InChI=1S/C22H31NOSi/c1-23-21-15-9-10-16-22(21,24)17-18-25(2,19-11-5-3-6-12-19)20-13-7-4-8-14-20/h3-8,11-14,21,23-24H,9-10,15-18H2,1-2H3/t21-,22+/m0/s1. The van der Waals surface area contributed by atoms with Gasteiger partial charge < -0.3 is 10.4 Å². The zero-order valence-electron chi connectivity index (χ0n) is 15.5. The topological polar surface area (TPSA) is 32.3 Å². The number of rotatable bonds is 6. The van der Waals surface area contributed by atoms with Crippen LogP contribution in [0.3, 0.4) is 0 Å². The Morgan fingerprint density at radius 3 is 2.08 bits per heavy atom. The molecular formula is C22H31NOSi. The Bertz CT molecular complexity index is 621. The first-order valence-electron chi connectivity index (χ1n) is 9.59. The van der Waals surface area contributed by atoms with E-state index in [1.165, 1.54) is 16.8 Å². The van der Waals surface area contributed by atoms with Crippen molar-refractivity contribution in [3.63, 3.8) is 0 Å². The van der Waals surface area contributed by atoms with Gasteiger partial charge in [0.15, 0.2) is 0 Å². The van der Waals surface area contributed by atoms with Crippen molar-refractivity contribution in [1.82, 2.24) is 5.32 Å². The molecule has 0 radical (unpaired) electrons. The molecule has 0 heterocycles. The average Bonchev–Trinajstić information content (AvgIpc) is 2.68. The molecule has 2 N–H and O–H groups in total. The van der Waals surface area contributed by atoms with E-state index in [1.54, 1.807) is 0 Å². The molecule has 0 unspecified atom stereocenters. The van der Waals surface area contributed by atoms with Crippen LogP contribution < -0.4 is 15.7 Å². The summed E-state index contributed by atoms with van der Waals surface area (Å²) in [6.45, 7) is 2.46. The number of hydrogen-bond acceptors (Lipinski definition) is 2. The summed E-state index contributed by atoms with van der Waals surface area (Å²) in [6, 6.07) is 23.2. The molecule has 3 heteroatoms. The van der Waals surface area contributed by atoms with Gasteiger partial charge >= 0.3 is 0 Å². The highest BCUT2D eigenvalue weighted by Crippen LogP contribution is 2.34. The van der Waals surface area contributed by atoms with Gasteiger partial charge in [-0.2, -0.15) is 0 Å². The minimum atomic E-state index is -1.86. The fourth-order valence-corrected chi connectivity index (χ4v) is 8.17. The monoisotopic (exact) mass is 353 g/mol. The van der Waals surface area contributed by atoms with E-state index in [2.05, 4.69) is 72.5 Å². The molecule has 0 spiro atoms. The van der Waals surface area contributed by atoms with Gasteiger partial charge in [0.25, 0.3) is 0 Å². The summed E-state index contributed by atoms with van der Waals surface area (Å²) in [6.07, 6.45) is 5.25. The first-order chi connectivity index (χ1) is 12.1. The van der Waals surface area contributed by atoms with Crippen LogP contribution in [0.25, 0.3) is 0 Å². The minimum absolute atomic E-state index is 0.228. The van der Waals surface area contributed by atoms with Gasteiger partial charge in [0.2, 0.25) is 0 Å². The highest BCUT2D eigenvalue weighted by Gasteiger charge is 2.41. The van der Waals surface area contributed by atoms with Crippen molar-refractivity contribution < 1.29 is 5.11 Å². The van der Waals surface area contributed by atoms with Gasteiger partial charge in [0.05, 0.1) is 5.60 Å². The zero-order valence-corrected chi connectivity index (χ0v) is 16.5. The molecule has 0 amide bonds. The maximum absolute atomic E-state index is 11.3.